The van der Waals surface area contributed by atoms with Crippen LogP contribution >= 0.6 is 0 Å². The standard InChI is InChI=1S/C19H13N3O/c1-13-7-9-19(16-8-11-21-18(22-16)17(19)23)12-14(13)5-6-15-4-2-3-10-20-15/h2-4,7-8,10-12H,9H2,1H3. The first-order valence-corrected chi connectivity index (χ1v) is 7.40. The van der Waals surface area contributed by atoms with Gasteiger partial charge >= 0.3 is 0 Å². The van der Waals surface area contributed by atoms with E-state index in [9.17, 15) is 4.79 Å². The average molecular weight is 299 g/mol. The third-order valence-electron chi connectivity index (χ3n) is 4.26. The first-order valence-electron chi connectivity index (χ1n) is 7.40. The van der Waals surface area contributed by atoms with Crippen LogP contribution in [0.4, 0.5) is 0 Å². The van der Waals surface area contributed by atoms with Crippen LogP contribution in [-0.2, 0) is 5.41 Å². The maximum Gasteiger partial charge on any atom is 0.216 e. The molecule has 2 bridgehead atoms. The monoisotopic (exact) mass is 299 g/mol. The quantitative estimate of drug-likeness (QED) is 0.702. The van der Waals surface area contributed by atoms with Gasteiger partial charge in [0.15, 0.2) is 5.82 Å². The molecule has 2 aromatic heterocycles. The predicted molar refractivity (Wildman–Crippen MR) is 85.6 cm³/mol. The van der Waals surface area contributed by atoms with Gasteiger partial charge in [-0.1, -0.05) is 18.1 Å². The van der Waals surface area contributed by atoms with Crippen molar-refractivity contribution in [3.05, 3.63) is 77.2 Å². The van der Waals surface area contributed by atoms with Crippen molar-refractivity contribution in [2.24, 2.45) is 0 Å². The van der Waals surface area contributed by atoms with Gasteiger partial charge in [0.05, 0.1) is 5.69 Å². The summed E-state index contributed by atoms with van der Waals surface area (Å²) < 4.78 is 0. The second-order valence-electron chi connectivity index (χ2n) is 5.68. The van der Waals surface area contributed by atoms with Crippen LogP contribution in [0.3, 0.4) is 0 Å². The summed E-state index contributed by atoms with van der Waals surface area (Å²) in [4.78, 5) is 25.3. The Labute approximate surface area is 134 Å². The fraction of sp³-hybridized carbons (Fsp3) is 0.158. The number of carbonyl (C=O) groups is 1. The highest BCUT2D eigenvalue weighted by atomic mass is 16.1. The van der Waals surface area contributed by atoms with Crippen molar-refractivity contribution >= 4 is 5.78 Å². The van der Waals surface area contributed by atoms with Gasteiger partial charge in [-0.2, -0.15) is 0 Å². The van der Waals surface area contributed by atoms with E-state index < -0.39 is 5.41 Å². The Morgan fingerprint density at radius 3 is 2.83 bits per heavy atom. The maximum atomic E-state index is 12.7. The lowest BCUT2D eigenvalue weighted by Gasteiger charge is -2.26. The number of carbonyl (C=O) groups excluding carboxylic acids is 1. The lowest BCUT2D eigenvalue weighted by molar-refractivity contribution is 0.0923. The minimum Gasteiger partial charge on any atom is -0.289 e. The Hall–Kier alpha value is -3.06. The molecule has 1 spiro atoms. The summed E-state index contributed by atoms with van der Waals surface area (Å²) in [7, 11) is 0. The molecule has 2 aliphatic rings. The Morgan fingerprint density at radius 2 is 2.04 bits per heavy atom. The van der Waals surface area contributed by atoms with Gasteiger partial charge in [-0.3, -0.25) is 4.79 Å². The topological polar surface area (TPSA) is 55.7 Å². The molecule has 4 rings (SSSR count). The van der Waals surface area contributed by atoms with Crippen molar-refractivity contribution in [2.75, 3.05) is 0 Å². The van der Waals surface area contributed by atoms with E-state index >= 15 is 0 Å². The van der Waals surface area contributed by atoms with E-state index in [1.54, 1.807) is 12.4 Å². The van der Waals surface area contributed by atoms with Crippen LogP contribution in [0.15, 0.2) is 60.0 Å². The van der Waals surface area contributed by atoms with Crippen LogP contribution in [0.2, 0.25) is 0 Å². The summed E-state index contributed by atoms with van der Waals surface area (Å²) >= 11 is 0. The van der Waals surface area contributed by atoms with Crippen molar-refractivity contribution in [1.29, 1.82) is 0 Å². The fourth-order valence-corrected chi connectivity index (χ4v) is 2.92. The minimum absolute atomic E-state index is 0.0432. The predicted octanol–water partition coefficient (Wildman–Crippen LogP) is 2.63. The van der Waals surface area contributed by atoms with Gasteiger partial charge < -0.3 is 0 Å². The van der Waals surface area contributed by atoms with E-state index in [2.05, 4.69) is 32.9 Å². The molecule has 110 valence electrons. The SMILES string of the molecule is CC1=CCC2(C=C1C#Cc1ccccn1)C(=O)c1nccc2n1. The zero-order valence-corrected chi connectivity index (χ0v) is 12.6. The summed E-state index contributed by atoms with van der Waals surface area (Å²) in [6.07, 6.45) is 7.96. The van der Waals surface area contributed by atoms with Crippen molar-refractivity contribution in [3.63, 3.8) is 0 Å². The molecule has 1 atom stereocenters. The second kappa shape index (κ2) is 4.99. The second-order valence-corrected chi connectivity index (χ2v) is 5.68. The summed E-state index contributed by atoms with van der Waals surface area (Å²) in [6.45, 7) is 2.01. The Balaban J connectivity index is 1.78. The number of fused-ring (bicyclic) bond motifs is 3. The van der Waals surface area contributed by atoms with E-state index in [4.69, 9.17) is 0 Å². The van der Waals surface area contributed by atoms with Crippen LogP contribution in [0.1, 0.15) is 35.4 Å². The van der Waals surface area contributed by atoms with E-state index in [-0.39, 0.29) is 5.78 Å². The molecule has 1 aliphatic carbocycles. The van der Waals surface area contributed by atoms with Gasteiger partial charge in [-0.15, -0.1) is 0 Å². The van der Waals surface area contributed by atoms with Gasteiger partial charge in [-0.05, 0) is 49.1 Å². The molecule has 0 saturated carbocycles. The number of hydrogen-bond donors (Lipinski definition) is 0. The minimum atomic E-state index is -0.737. The van der Waals surface area contributed by atoms with Crippen LogP contribution < -0.4 is 0 Å². The number of Topliss-reactive ketones (excluding diaryl/α,β-unsaturated/α-hetero) is 1. The van der Waals surface area contributed by atoms with Gasteiger partial charge in [0.1, 0.15) is 11.1 Å². The Morgan fingerprint density at radius 1 is 1.13 bits per heavy atom. The first kappa shape index (κ1) is 13.6. The third-order valence-corrected chi connectivity index (χ3v) is 4.26. The fourth-order valence-electron chi connectivity index (χ4n) is 2.92. The molecule has 4 nitrogen and oxygen atoms in total. The van der Waals surface area contributed by atoms with Crippen molar-refractivity contribution < 1.29 is 4.79 Å². The number of rotatable bonds is 0. The van der Waals surface area contributed by atoms with Gasteiger partial charge in [-0.25, -0.2) is 15.0 Å². The smallest absolute Gasteiger partial charge is 0.216 e. The van der Waals surface area contributed by atoms with Crippen molar-refractivity contribution in [3.8, 4) is 11.8 Å². The number of nitrogens with zero attached hydrogens (tertiary/aromatic N) is 3. The van der Waals surface area contributed by atoms with E-state index in [1.165, 1.54) is 0 Å². The molecule has 1 aliphatic heterocycles. The molecule has 0 amide bonds. The van der Waals surface area contributed by atoms with Crippen molar-refractivity contribution in [1.82, 2.24) is 15.0 Å². The first-order chi connectivity index (χ1) is 11.2. The van der Waals surface area contributed by atoms with Crippen LogP contribution in [0.5, 0.6) is 0 Å². The largest absolute Gasteiger partial charge is 0.289 e. The molecule has 0 N–H and O–H groups in total. The van der Waals surface area contributed by atoms with Crippen LogP contribution in [0, 0.1) is 11.8 Å². The third kappa shape index (κ3) is 2.09. The Bertz CT molecular complexity index is 932. The summed E-state index contributed by atoms with van der Waals surface area (Å²) in [5, 5.41) is 0. The van der Waals surface area contributed by atoms with E-state index in [1.807, 2.05) is 37.3 Å². The molecule has 1 unspecified atom stereocenters. The zero-order valence-electron chi connectivity index (χ0n) is 12.6. The van der Waals surface area contributed by atoms with E-state index in [0.717, 1.165) is 16.8 Å². The number of hydrogen-bond acceptors (Lipinski definition) is 4. The molecular weight excluding hydrogens is 286 g/mol. The number of pyridine rings is 1. The van der Waals surface area contributed by atoms with Gasteiger partial charge in [0.25, 0.3) is 0 Å². The van der Waals surface area contributed by atoms with Crippen LogP contribution in [0.25, 0.3) is 0 Å². The van der Waals surface area contributed by atoms with E-state index in [0.29, 0.717) is 17.9 Å². The summed E-state index contributed by atoms with van der Waals surface area (Å²) in [6, 6.07) is 7.43. The number of aromatic nitrogens is 3. The molecule has 23 heavy (non-hydrogen) atoms. The normalized spacial score (nSPS) is 21.5. The van der Waals surface area contributed by atoms with Gasteiger partial charge in [0.2, 0.25) is 5.78 Å². The molecule has 0 radical (unpaired) electrons. The maximum absolute atomic E-state index is 12.7. The lowest BCUT2D eigenvalue weighted by atomic mass is 9.73. The summed E-state index contributed by atoms with van der Waals surface area (Å²) in [5.41, 5.74) is 2.64. The van der Waals surface area contributed by atoms with Crippen molar-refractivity contribution in [2.45, 2.75) is 18.8 Å². The molecule has 0 fully saturated rings. The average Bonchev–Trinajstić information content (AvgIpc) is 2.77. The lowest BCUT2D eigenvalue weighted by Crippen LogP contribution is -2.31. The molecule has 0 aromatic carbocycles. The molecule has 4 heteroatoms. The highest BCUT2D eigenvalue weighted by molar-refractivity contribution is 6.05. The zero-order chi connectivity index (χ0) is 15.9. The Kier molecular flexibility index (Phi) is 2.95. The molecule has 2 aromatic rings. The van der Waals surface area contributed by atoms with Gasteiger partial charge in [0, 0.05) is 18.0 Å². The molecule has 3 heterocycles. The summed E-state index contributed by atoms with van der Waals surface area (Å²) in [5.74, 6) is 6.46. The molecule has 0 saturated heterocycles. The molecular formula is C19H13N3O. The number of allylic oxidation sites excluding steroid dienone is 4. The van der Waals surface area contributed by atoms with Crippen LogP contribution in [-0.4, -0.2) is 20.7 Å². The number of ketones is 1. The highest BCUT2D eigenvalue weighted by Gasteiger charge is 2.47. The highest BCUT2D eigenvalue weighted by Crippen LogP contribution is 2.41.